The summed E-state index contributed by atoms with van der Waals surface area (Å²) in [7, 11) is 1.63. The van der Waals surface area contributed by atoms with Crippen molar-refractivity contribution in [1.29, 1.82) is 0 Å². The number of nitrogens with zero attached hydrogens (tertiary/aromatic N) is 4. The molecule has 1 rings (SSSR count). The third-order valence-corrected chi connectivity index (χ3v) is 2.45. The van der Waals surface area contributed by atoms with Crippen molar-refractivity contribution in [3.05, 3.63) is 16.4 Å². The zero-order chi connectivity index (χ0) is 14.4. The van der Waals surface area contributed by atoms with Gasteiger partial charge < -0.3 is 15.6 Å². The molecule has 1 amide bonds. The predicted octanol–water partition coefficient (Wildman–Crippen LogP) is -0.439. The molecule has 0 aliphatic rings. The lowest BCUT2D eigenvalue weighted by atomic mass is 10.4. The summed E-state index contributed by atoms with van der Waals surface area (Å²) in [5, 5.41) is 13.5. The van der Waals surface area contributed by atoms with Gasteiger partial charge in [0.25, 0.3) is 0 Å². The quantitative estimate of drug-likeness (QED) is 0.359. The van der Waals surface area contributed by atoms with Crippen molar-refractivity contribution < 1.29 is 9.72 Å². The molecule has 10 heteroatoms. The van der Waals surface area contributed by atoms with Gasteiger partial charge in [-0.1, -0.05) is 0 Å². The number of amides is 1. The molecular weight excluding hydrogens is 254 g/mol. The van der Waals surface area contributed by atoms with E-state index in [2.05, 4.69) is 20.7 Å². The lowest BCUT2D eigenvalue weighted by molar-refractivity contribution is -0.383. The Balaban J connectivity index is 2.89. The number of hydrogen-bond donors (Lipinski definition) is 3. The molecule has 19 heavy (non-hydrogen) atoms. The molecule has 0 fully saturated rings. The number of aromatic nitrogens is 2. The van der Waals surface area contributed by atoms with Crippen molar-refractivity contribution in [2.24, 2.45) is 5.84 Å². The van der Waals surface area contributed by atoms with Gasteiger partial charge in [-0.15, -0.1) is 0 Å². The second-order valence-corrected chi connectivity index (χ2v) is 3.58. The molecule has 4 N–H and O–H groups in total. The van der Waals surface area contributed by atoms with E-state index in [1.165, 1.54) is 4.90 Å². The van der Waals surface area contributed by atoms with Crippen LogP contribution >= 0.6 is 0 Å². The molecule has 10 nitrogen and oxygen atoms in total. The largest absolute Gasteiger partial charge is 0.355 e. The third-order valence-electron chi connectivity index (χ3n) is 2.45. The molecular formula is C9H15N7O3. The van der Waals surface area contributed by atoms with Crippen LogP contribution in [0.15, 0.2) is 6.33 Å². The highest BCUT2D eigenvalue weighted by Gasteiger charge is 2.22. The van der Waals surface area contributed by atoms with Gasteiger partial charge in [-0.25, -0.2) is 15.8 Å². The molecule has 0 radical (unpaired) electrons. The fourth-order valence-electron chi connectivity index (χ4n) is 1.26. The minimum absolute atomic E-state index is 0.0641. The van der Waals surface area contributed by atoms with Gasteiger partial charge in [0.1, 0.15) is 6.33 Å². The van der Waals surface area contributed by atoms with Gasteiger partial charge in [-0.2, -0.15) is 0 Å². The lowest BCUT2D eigenvalue weighted by Crippen LogP contribution is -2.32. The van der Waals surface area contributed by atoms with Crippen molar-refractivity contribution >= 4 is 23.2 Å². The maximum absolute atomic E-state index is 11.6. The average molecular weight is 269 g/mol. The van der Waals surface area contributed by atoms with Crippen molar-refractivity contribution in [2.75, 3.05) is 30.9 Å². The van der Waals surface area contributed by atoms with E-state index in [4.69, 9.17) is 5.84 Å². The summed E-state index contributed by atoms with van der Waals surface area (Å²) in [5.41, 5.74) is 1.71. The molecule has 1 aromatic heterocycles. The topological polar surface area (TPSA) is 139 Å². The highest BCUT2D eigenvalue weighted by Crippen LogP contribution is 2.27. The minimum atomic E-state index is -0.675. The van der Waals surface area contributed by atoms with E-state index in [-0.39, 0.29) is 24.1 Å². The first kappa shape index (κ1) is 14.6. The predicted molar refractivity (Wildman–Crippen MR) is 68.3 cm³/mol. The Labute approximate surface area is 109 Å². The Morgan fingerprint density at radius 1 is 1.53 bits per heavy atom. The molecule has 0 spiro atoms. The van der Waals surface area contributed by atoms with Crippen LogP contribution in [-0.2, 0) is 4.79 Å². The first-order chi connectivity index (χ1) is 9.01. The van der Waals surface area contributed by atoms with Crippen LogP contribution in [0.2, 0.25) is 0 Å². The van der Waals surface area contributed by atoms with Crippen LogP contribution in [0.25, 0.3) is 0 Å². The van der Waals surface area contributed by atoms with Crippen molar-refractivity contribution in [2.45, 2.75) is 6.92 Å². The van der Waals surface area contributed by atoms with Crippen LogP contribution in [0, 0.1) is 10.1 Å². The van der Waals surface area contributed by atoms with Crippen LogP contribution in [0.1, 0.15) is 6.92 Å². The van der Waals surface area contributed by atoms with Crippen molar-refractivity contribution in [1.82, 2.24) is 14.9 Å². The molecule has 0 bridgehead atoms. The fourth-order valence-corrected chi connectivity index (χ4v) is 1.26. The SMILES string of the molecule is CCN(C)C(=O)CNc1ncnc(NN)c1[N+](=O)[O-]. The number of nitro groups is 1. The van der Waals surface area contributed by atoms with Crippen LogP contribution in [0.3, 0.4) is 0 Å². The lowest BCUT2D eigenvalue weighted by Gasteiger charge is -2.15. The maximum atomic E-state index is 11.6. The summed E-state index contributed by atoms with van der Waals surface area (Å²) >= 11 is 0. The molecule has 1 heterocycles. The average Bonchev–Trinajstić information content (AvgIpc) is 2.42. The van der Waals surface area contributed by atoms with Gasteiger partial charge in [-0.05, 0) is 6.92 Å². The molecule has 0 aliphatic heterocycles. The fraction of sp³-hybridized carbons (Fsp3) is 0.444. The molecule has 1 aromatic rings. The van der Waals surface area contributed by atoms with Crippen LogP contribution < -0.4 is 16.6 Å². The zero-order valence-corrected chi connectivity index (χ0v) is 10.6. The molecule has 0 aromatic carbocycles. The van der Waals surface area contributed by atoms with E-state index in [0.717, 1.165) is 6.33 Å². The normalized spacial score (nSPS) is 9.84. The van der Waals surface area contributed by atoms with Crippen LogP contribution in [-0.4, -0.2) is 45.8 Å². The molecule has 0 aliphatic carbocycles. The number of carbonyl (C=O) groups excluding carboxylic acids is 1. The number of likely N-dealkylation sites (N-methyl/N-ethyl adjacent to an activating group) is 1. The van der Waals surface area contributed by atoms with Crippen LogP contribution in [0.4, 0.5) is 17.3 Å². The van der Waals surface area contributed by atoms with E-state index in [9.17, 15) is 14.9 Å². The van der Waals surface area contributed by atoms with Gasteiger partial charge in [0, 0.05) is 13.6 Å². The zero-order valence-electron chi connectivity index (χ0n) is 10.6. The van der Waals surface area contributed by atoms with Gasteiger partial charge in [0.05, 0.1) is 11.5 Å². The number of hydrazine groups is 1. The summed E-state index contributed by atoms with van der Waals surface area (Å²) in [6.07, 6.45) is 1.11. The van der Waals surface area contributed by atoms with Gasteiger partial charge in [-0.3, -0.25) is 14.9 Å². The van der Waals surface area contributed by atoms with Gasteiger partial charge in [0.15, 0.2) is 0 Å². The summed E-state index contributed by atoms with van der Waals surface area (Å²) in [5.74, 6) is 4.73. The van der Waals surface area contributed by atoms with E-state index >= 15 is 0 Å². The number of rotatable bonds is 6. The molecule has 0 unspecified atom stereocenters. The Bertz CT molecular complexity index is 479. The summed E-state index contributed by atoms with van der Waals surface area (Å²) in [4.78, 5) is 30.7. The second-order valence-electron chi connectivity index (χ2n) is 3.58. The van der Waals surface area contributed by atoms with Gasteiger partial charge in [0.2, 0.25) is 17.5 Å². The van der Waals surface area contributed by atoms with E-state index in [1.807, 2.05) is 6.92 Å². The first-order valence-electron chi connectivity index (χ1n) is 5.45. The standard InChI is InChI=1S/C9H15N7O3/c1-3-15(2)6(17)4-11-8-7(16(18)19)9(14-10)13-5-12-8/h5H,3-4,10H2,1-2H3,(H2,11,12,13,14). The highest BCUT2D eigenvalue weighted by molar-refractivity contribution is 5.81. The Morgan fingerprint density at radius 2 is 2.16 bits per heavy atom. The highest BCUT2D eigenvalue weighted by atomic mass is 16.6. The number of nitrogens with one attached hydrogen (secondary N) is 2. The smallest absolute Gasteiger partial charge is 0.354 e. The summed E-state index contributed by atoms with van der Waals surface area (Å²) in [6, 6.07) is 0. The molecule has 0 saturated carbocycles. The molecule has 104 valence electrons. The third kappa shape index (κ3) is 3.48. The van der Waals surface area contributed by atoms with Crippen molar-refractivity contribution in [3.63, 3.8) is 0 Å². The molecule has 0 saturated heterocycles. The van der Waals surface area contributed by atoms with E-state index in [0.29, 0.717) is 6.54 Å². The summed E-state index contributed by atoms with van der Waals surface area (Å²) < 4.78 is 0. The maximum Gasteiger partial charge on any atom is 0.354 e. The summed E-state index contributed by atoms with van der Waals surface area (Å²) in [6.45, 7) is 2.26. The van der Waals surface area contributed by atoms with E-state index in [1.54, 1.807) is 7.05 Å². The first-order valence-corrected chi connectivity index (χ1v) is 5.45. The Morgan fingerprint density at radius 3 is 2.68 bits per heavy atom. The van der Waals surface area contributed by atoms with E-state index < -0.39 is 10.6 Å². The number of nitrogens with two attached hydrogens (primary N) is 1. The molecule has 0 atom stereocenters. The number of nitrogen functional groups attached to an aromatic ring is 1. The number of anilines is 2. The minimum Gasteiger partial charge on any atom is -0.355 e. The number of carbonyl (C=O) groups is 1. The second kappa shape index (κ2) is 6.44. The van der Waals surface area contributed by atoms with Crippen LogP contribution in [0.5, 0.6) is 0 Å². The number of hydrogen-bond acceptors (Lipinski definition) is 8. The van der Waals surface area contributed by atoms with Gasteiger partial charge >= 0.3 is 5.69 Å². The Kier molecular flexibility index (Phi) is 4.94. The monoisotopic (exact) mass is 269 g/mol. The van der Waals surface area contributed by atoms with Crippen molar-refractivity contribution in [3.8, 4) is 0 Å². The Hall–Kier alpha value is -2.49.